The molecule has 5 nitrogen and oxygen atoms in total. The SMILES string of the molecule is Cc1ccccc1-c1nc(S(=O)(=O)c2ccc(Cl)cc2)c(Nc2ccc(Cl)cc2)o1. The van der Waals surface area contributed by atoms with Gasteiger partial charge in [-0.05, 0) is 67.1 Å². The lowest BCUT2D eigenvalue weighted by atomic mass is 10.1. The Bertz CT molecular complexity index is 1300. The lowest BCUT2D eigenvalue weighted by molar-refractivity contribution is 0.581. The zero-order valence-corrected chi connectivity index (χ0v) is 18.1. The van der Waals surface area contributed by atoms with Gasteiger partial charge in [0, 0.05) is 21.3 Å². The minimum atomic E-state index is -3.97. The average molecular weight is 459 g/mol. The highest BCUT2D eigenvalue weighted by molar-refractivity contribution is 7.91. The number of aryl methyl sites for hydroxylation is 1. The van der Waals surface area contributed by atoms with Crippen LogP contribution in [0.25, 0.3) is 11.5 Å². The minimum Gasteiger partial charge on any atom is -0.419 e. The molecule has 0 saturated carbocycles. The van der Waals surface area contributed by atoms with E-state index in [1.807, 2.05) is 31.2 Å². The maximum Gasteiger partial charge on any atom is 0.238 e. The van der Waals surface area contributed by atoms with E-state index < -0.39 is 9.84 Å². The molecule has 0 atom stereocenters. The molecule has 0 amide bonds. The third-order valence-corrected chi connectivity index (χ3v) is 6.63. The second-order valence-corrected chi connectivity index (χ2v) is 9.30. The first-order valence-electron chi connectivity index (χ1n) is 8.95. The topological polar surface area (TPSA) is 72.2 Å². The summed E-state index contributed by atoms with van der Waals surface area (Å²) in [5, 5.41) is 3.80. The molecular weight excluding hydrogens is 443 g/mol. The number of nitrogens with zero attached hydrogens (tertiary/aromatic N) is 1. The summed E-state index contributed by atoms with van der Waals surface area (Å²) < 4.78 is 32.5. The molecule has 152 valence electrons. The molecule has 0 aliphatic rings. The molecule has 0 radical (unpaired) electrons. The van der Waals surface area contributed by atoms with Gasteiger partial charge in [-0.2, -0.15) is 4.98 Å². The number of oxazole rings is 1. The van der Waals surface area contributed by atoms with E-state index in [2.05, 4.69) is 10.3 Å². The molecular formula is C22H16Cl2N2O3S. The molecule has 30 heavy (non-hydrogen) atoms. The van der Waals surface area contributed by atoms with Crippen LogP contribution in [0.3, 0.4) is 0 Å². The molecule has 8 heteroatoms. The summed E-state index contributed by atoms with van der Waals surface area (Å²) in [4.78, 5) is 4.41. The Morgan fingerprint density at radius 3 is 2.10 bits per heavy atom. The van der Waals surface area contributed by atoms with E-state index >= 15 is 0 Å². The summed E-state index contributed by atoms with van der Waals surface area (Å²) in [6.07, 6.45) is 0. The van der Waals surface area contributed by atoms with Gasteiger partial charge in [-0.3, -0.25) is 0 Å². The zero-order valence-electron chi connectivity index (χ0n) is 15.8. The molecule has 1 N–H and O–H groups in total. The van der Waals surface area contributed by atoms with Gasteiger partial charge < -0.3 is 9.73 Å². The van der Waals surface area contributed by atoms with Crippen molar-refractivity contribution in [2.75, 3.05) is 5.32 Å². The second kappa shape index (κ2) is 8.14. The van der Waals surface area contributed by atoms with Crippen molar-refractivity contribution in [3.63, 3.8) is 0 Å². The quantitative estimate of drug-likeness (QED) is 0.367. The summed E-state index contributed by atoms with van der Waals surface area (Å²) in [5.41, 5.74) is 2.22. The summed E-state index contributed by atoms with van der Waals surface area (Å²) in [7, 11) is -3.97. The molecule has 4 aromatic rings. The monoisotopic (exact) mass is 458 g/mol. The van der Waals surface area contributed by atoms with Crippen LogP contribution < -0.4 is 5.32 Å². The third kappa shape index (κ3) is 4.07. The first kappa shape index (κ1) is 20.5. The van der Waals surface area contributed by atoms with Crippen LogP contribution in [0.15, 0.2) is 87.1 Å². The Kier molecular flexibility index (Phi) is 5.56. The third-order valence-electron chi connectivity index (χ3n) is 4.45. The zero-order chi connectivity index (χ0) is 21.3. The van der Waals surface area contributed by atoms with E-state index in [1.54, 1.807) is 24.3 Å². The molecule has 0 bridgehead atoms. The maximum absolute atomic E-state index is 13.3. The summed E-state index contributed by atoms with van der Waals surface area (Å²) >= 11 is 11.9. The van der Waals surface area contributed by atoms with E-state index in [0.29, 0.717) is 21.3 Å². The molecule has 4 rings (SSSR count). The number of anilines is 2. The van der Waals surface area contributed by atoms with Gasteiger partial charge in [0.05, 0.1) is 4.90 Å². The van der Waals surface area contributed by atoms with E-state index in [9.17, 15) is 8.42 Å². The molecule has 0 aliphatic carbocycles. The van der Waals surface area contributed by atoms with Crippen molar-refractivity contribution in [3.8, 4) is 11.5 Å². The predicted molar refractivity (Wildman–Crippen MR) is 118 cm³/mol. The highest BCUT2D eigenvalue weighted by Gasteiger charge is 2.29. The lowest BCUT2D eigenvalue weighted by Gasteiger charge is -2.06. The van der Waals surface area contributed by atoms with Crippen LogP contribution in [0.5, 0.6) is 0 Å². The number of aromatic nitrogens is 1. The Labute approximate surface area is 184 Å². The fraction of sp³-hybridized carbons (Fsp3) is 0.0455. The van der Waals surface area contributed by atoms with Crippen molar-refractivity contribution >= 4 is 44.6 Å². The van der Waals surface area contributed by atoms with Gasteiger partial charge in [0.15, 0.2) is 0 Å². The number of benzene rings is 3. The number of rotatable bonds is 5. The Morgan fingerprint density at radius 2 is 1.47 bits per heavy atom. The van der Waals surface area contributed by atoms with Crippen LogP contribution in [0, 0.1) is 6.92 Å². The Balaban J connectivity index is 1.85. The van der Waals surface area contributed by atoms with Crippen molar-refractivity contribution in [2.45, 2.75) is 16.8 Å². The average Bonchev–Trinajstić information content (AvgIpc) is 3.15. The van der Waals surface area contributed by atoms with Crippen molar-refractivity contribution < 1.29 is 12.8 Å². The van der Waals surface area contributed by atoms with Gasteiger partial charge in [0.25, 0.3) is 0 Å². The predicted octanol–water partition coefficient (Wildman–Crippen LogP) is 6.53. The van der Waals surface area contributed by atoms with Crippen molar-refractivity contribution in [1.82, 2.24) is 4.98 Å². The fourth-order valence-corrected chi connectivity index (χ4v) is 4.39. The molecule has 0 spiro atoms. The molecule has 0 aliphatic heterocycles. The normalized spacial score (nSPS) is 11.4. The Hall–Kier alpha value is -2.80. The van der Waals surface area contributed by atoms with Gasteiger partial charge in [-0.1, -0.05) is 41.4 Å². The van der Waals surface area contributed by atoms with Gasteiger partial charge in [-0.15, -0.1) is 0 Å². The van der Waals surface area contributed by atoms with Crippen LogP contribution in [-0.4, -0.2) is 13.4 Å². The standard InChI is InChI=1S/C22H16Cl2N2O3S/c1-14-4-2-3-5-19(14)20-26-22(30(27,28)18-12-8-16(24)9-13-18)21(29-20)25-17-10-6-15(23)7-11-17/h2-13,25H,1H3. The number of hydrogen-bond acceptors (Lipinski definition) is 5. The molecule has 0 unspecified atom stereocenters. The first-order valence-corrected chi connectivity index (χ1v) is 11.2. The molecule has 1 heterocycles. The highest BCUT2D eigenvalue weighted by atomic mass is 35.5. The molecule has 1 aromatic heterocycles. The van der Waals surface area contributed by atoms with Crippen LogP contribution in [0.2, 0.25) is 10.0 Å². The largest absolute Gasteiger partial charge is 0.419 e. The van der Waals surface area contributed by atoms with Crippen LogP contribution >= 0.6 is 23.2 Å². The highest BCUT2D eigenvalue weighted by Crippen LogP contribution is 2.35. The fourth-order valence-electron chi connectivity index (χ4n) is 2.89. The summed E-state index contributed by atoms with van der Waals surface area (Å²) in [6.45, 7) is 1.90. The van der Waals surface area contributed by atoms with E-state index in [4.69, 9.17) is 27.6 Å². The van der Waals surface area contributed by atoms with Crippen LogP contribution in [0.4, 0.5) is 11.6 Å². The van der Waals surface area contributed by atoms with Crippen molar-refractivity contribution in [2.24, 2.45) is 0 Å². The van der Waals surface area contributed by atoms with E-state index in [0.717, 1.165) is 5.56 Å². The lowest BCUT2D eigenvalue weighted by Crippen LogP contribution is -2.05. The van der Waals surface area contributed by atoms with Gasteiger partial charge in [0.1, 0.15) is 0 Å². The van der Waals surface area contributed by atoms with E-state index in [-0.39, 0.29) is 21.7 Å². The number of halogens is 2. The summed E-state index contributed by atoms with van der Waals surface area (Å²) in [6, 6.07) is 20.2. The van der Waals surface area contributed by atoms with Crippen molar-refractivity contribution in [3.05, 3.63) is 88.4 Å². The number of sulfone groups is 1. The second-order valence-electron chi connectivity index (χ2n) is 6.56. The van der Waals surface area contributed by atoms with E-state index in [1.165, 1.54) is 24.3 Å². The van der Waals surface area contributed by atoms with Gasteiger partial charge in [0.2, 0.25) is 26.6 Å². The van der Waals surface area contributed by atoms with Gasteiger partial charge in [-0.25, -0.2) is 8.42 Å². The smallest absolute Gasteiger partial charge is 0.238 e. The minimum absolute atomic E-state index is 0.0190. The van der Waals surface area contributed by atoms with Crippen LogP contribution in [-0.2, 0) is 9.84 Å². The summed E-state index contributed by atoms with van der Waals surface area (Å²) in [5.74, 6) is 0.225. The Morgan fingerprint density at radius 1 is 0.867 bits per heavy atom. The molecule has 0 saturated heterocycles. The number of hydrogen-bond donors (Lipinski definition) is 1. The van der Waals surface area contributed by atoms with Gasteiger partial charge >= 0.3 is 0 Å². The molecule has 3 aromatic carbocycles. The maximum atomic E-state index is 13.3. The molecule has 0 fully saturated rings. The first-order chi connectivity index (χ1) is 14.3. The number of nitrogens with one attached hydrogen (secondary N) is 1. The van der Waals surface area contributed by atoms with Crippen molar-refractivity contribution in [1.29, 1.82) is 0 Å². The van der Waals surface area contributed by atoms with Crippen LogP contribution in [0.1, 0.15) is 5.56 Å².